The van der Waals surface area contributed by atoms with E-state index in [1.54, 1.807) is 0 Å². The monoisotopic (exact) mass is 511 g/mol. The van der Waals surface area contributed by atoms with Gasteiger partial charge in [0.1, 0.15) is 11.2 Å². The lowest BCUT2D eigenvalue weighted by Crippen LogP contribution is -2.09. The zero-order chi connectivity index (χ0) is 26.5. The molecular weight excluding hydrogens is 486 g/mol. The maximum atomic E-state index is 6.44. The van der Waals surface area contributed by atoms with Gasteiger partial charge in [0.05, 0.1) is 0 Å². The van der Waals surface area contributed by atoms with Crippen LogP contribution in [0.15, 0.2) is 156 Å². The van der Waals surface area contributed by atoms with Gasteiger partial charge in [0.2, 0.25) is 0 Å². The van der Waals surface area contributed by atoms with Crippen molar-refractivity contribution < 1.29 is 4.42 Å². The van der Waals surface area contributed by atoms with E-state index in [-0.39, 0.29) is 0 Å². The summed E-state index contributed by atoms with van der Waals surface area (Å²) in [6.07, 6.45) is 0. The van der Waals surface area contributed by atoms with E-state index in [1.165, 1.54) is 38.1 Å². The van der Waals surface area contributed by atoms with Crippen LogP contribution in [0.25, 0.3) is 54.6 Å². The molecule has 0 aliphatic carbocycles. The number of hydrogen-bond donors (Lipinski definition) is 0. The van der Waals surface area contributed by atoms with E-state index in [0.717, 1.165) is 33.6 Å². The summed E-state index contributed by atoms with van der Waals surface area (Å²) in [5.41, 5.74) is 7.46. The molecule has 0 aliphatic rings. The minimum atomic E-state index is 0.885. The Labute approximate surface area is 232 Å². The maximum Gasteiger partial charge on any atom is 0.137 e. The van der Waals surface area contributed by atoms with E-state index in [1.807, 2.05) is 0 Å². The molecule has 0 atom stereocenters. The number of fused-ring (bicyclic) bond motifs is 6. The predicted octanol–water partition coefficient (Wildman–Crippen LogP) is 11.0. The molecule has 188 valence electrons. The lowest BCUT2D eigenvalue weighted by atomic mass is 10.0. The standard InChI is InChI=1S/C38H25NO/c1-2-8-26(9-3-1)28-14-18-31(19-15-28)39(32-20-16-27-10-4-5-12-30(27)24-32)33-21-22-35-37(25-33)40-36-23-17-29-11-6-7-13-34(29)38(35)36/h1-25H. The number of benzene rings is 7. The Morgan fingerprint density at radius 3 is 1.85 bits per heavy atom. The fraction of sp³-hybridized carbons (Fsp3) is 0. The third-order valence-corrected chi connectivity index (χ3v) is 7.83. The van der Waals surface area contributed by atoms with Gasteiger partial charge in [-0.2, -0.15) is 0 Å². The molecule has 7 aromatic carbocycles. The highest BCUT2D eigenvalue weighted by Crippen LogP contribution is 2.41. The second kappa shape index (κ2) is 9.14. The Morgan fingerprint density at radius 2 is 1.00 bits per heavy atom. The quantitative estimate of drug-likeness (QED) is 0.234. The minimum Gasteiger partial charge on any atom is -0.456 e. The molecule has 0 bridgehead atoms. The van der Waals surface area contributed by atoms with Gasteiger partial charge in [-0.3, -0.25) is 0 Å². The van der Waals surface area contributed by atoms with Gasteiger partial charge in [-0.05, 0) is 75.1 Å². The average Bonchev–Trinajstić information content (AvgIpc) is 3.40. The van der Waals surface area contributed by atoms with E-state index < -0.39 is 0 Å². The van der Waals surface area contributed by atoms with Crippen molar-refractivity contribution in [2.24, 2.45) is 0 Å². The van der Waals surface area contributed by atoms with Crippen LogP contribution in [0.2, 0.25) is 0 Å². The molecule has 2 heteroatoms. The van der Waals surface area contributed by atoms with E-state index in [4.69, 9.17) is 4.42 Å². The lowest BCUT2D eigenvalue weighted by Gasteiger charge is -2.26. The van der Waals surface area contributed by atoms with Crippen molar-refractivity contribution in [1.82, 2.24) is 0 Å². The molecule has 0 saturated heterocycles. The van der Waals surface area contributed by atoms with Crippen LogP contribution in [-0.4, -0.2) is 0 Å². The van der Waals surface area contributed by atoms with Crippen molar-refractivity contribution >= 4 is 60.5 Å². The third kappa shape index (κ3) is 3.73. The summed E-state index contributed by atoms with van der Waals surface area (Å²) in [6, 6.07) is 53.8. The van der Waals surface area contributed by atoms with Gasteiger partial charge in [-0.15, -0.1) is 0 Å². The van der Waals surface area contributed by atoms with Crippen molar-refractivity contribution in [2.75, 3.05) is 4.90 Å². The van der Waals surface area contributed by atoms with Gasteiger partial charge in [0.25, 0.3) is 0 Å². The molecule has 0 fully saturated rings. The molecular formula is C38H25NO. The third-order valence-electron chi connectivity index (χ3n) is 7.83. The normalized spacial score (nSPS) is 11.5. The largest absolute Gasteiger partial charge is 0.456 e. The first-order valence-electron chi connectivity index (χ1n) is 13.6. The summed E-state index contributed by atoms with van der Waals surface area (Å²) >= 11 is 0. The summed E-state index contributed by atoms with van der Waals surface area (Å²) in [5, 5.41) is 7.18. The number of anilines is 3. The molecule has 0 amide bonds. The molecule has 0 saturated carbocycles. The number of furan rings is 1. The summed E-state index contributed by atoms with van der Waals surface area (Å²) in [4.78, 5) is 2.31. The summed E-state index contributed by atoms with van der Waals surface area (Å²) in [6.45, 7) is 0. The zero-order valence-electron chi connectivity index (χ0n) is 21.8. The van der Waals surface area contributed by atoms with E-state index in [9.17, 15) is 0 Å². The van der Waals surface area contributed by atoms with Gasteiger partial charge in [-0.1, -0.05) is 103 Å². The molecule has 0 aliphatic heterocycles. The number of rotatable bonds is 4. The van der Waals surface area contributed by atoms with Crippen LogP contribution in [0.4, 0.5) is 17.1 Å². The van der Waals surface area contributed by atoms with Gasteiger partial charge < -0.3 is 9.32 Å². The molecule has 0 radical (unpaired) electrons. The second-order valence-corrected chi connectivity index (χ2v) is 10.2. The molecule has 1 aromatic heterocycles. The van der Waals surface area contributed by atoms with Crippen LogP contribution < -0.4 is 4.90 Å². The van der Waals surface area contributed by atoms with Crippen LogP contribution >= 0.6 is 0 Å². The summed E-state index contributed by atoms with van der Waals surface area (Å²) in [7, 11) is 0. The molecule has 8 aromatic rings. The van der Waals surface area contributed by atoms with Crippen LogP contribution in [0.3, 0.4) is 0 Å². The van der Waals surface area contributed by atoms with Gasteiger partial charge in [0, 0.05) is 33.9 Å². The average molecular weight is 512 g/mol. The van der Waals surface area contributed by atoms with Crippen LogP contribution in [0.1, 0.15) is 0 Å². The van der Waals surface area contributed by atoms with Crippen molar-refractivity contribution in [2.45, 2.75) is 0 Å². The molecule has 1 heterocycles. The van der Waals surface area contributed by atoms with Crippen molar-refractivity contribution in [1.29, 1.82) is 0 Å². The Kier molecular flexibility index (Phi) is 5.17. The highest BCUT2D eigenvalue weighted by atomic mass is 16.3. The first-order valence-corrected chi connectivity index (χ1v) is 13.6. The SMILES string of the molecule is c1ccc(-c2ccc(N(c3ccc4ccccc4c3)c3ccc4c(c3)oc3ccc5ccccc5c34)cc2)cc1. The topological polar surface area (TPSA) is 16.4 Å². The number of hydrogen-bond acceptors (Lipinski definition) is 2. The predicted molar refractivity (Wildman–Crippen MR) is 169 cm³/mol. The van der Waals surface area contributed by atoms with Gasteiger partial charge in [-0.25, -0.2) is 0 Å². The van der Waals surface area contributed by atoms with Crippen LogP contribution in [0.5, 0.6) is 0 Å². The van der Waals surface area contributed by atoms with Gasteiger partial charge in [0.15, 0.2) is 0 Å². The Morgan fingerprint density at radius 1 is 0.375 bits per heavy atom. The maximum absolute atomic E-state index is 6.44. The summed E-state index contributed by atoms with van der Waals surface area (Å²) < 4.78 is 6.44. The minimum absolute atomic E-state index is 0.885. The van der Waals surface area contributed by atoms with Crippen molar-refractivity contribution in [3.8, 4) is 11.1 Å². The second-order valence-electron chi connectivity index (χ2n) is 10.2. The van der Waals surface area contributed by atoms with E-state index >= 15 is 0 Å². The van der Waals surface area contributed by atoms with Crippen molar-refractivity contribution in [3.63, 3.8) is 0 Å². The molecule has 0 spiro atoms. The molecule has 8 rings (SSSR count). The Balaban J connectivity index is 1.31. The van der Waals surface area contributed by atoms with Crippen LogP contribution in [-0.2, 0) is 0 Å². The Hall–Kier alpha value is -5.34. The highest BCUT2D eigenvalue weighted by molar-refractivity contribution is 6.19. The molecule has 40 heavy (non-hydrogen) atoms. The van der Waals surface area contributed by atoms with E-state index in [0.29, 0.717) is 0 Å². The fourth-order valence-corrected chi connectivity index (χ4v) is 5.87. The molecule has 2 nitrogen and oxygen atoms in total. The highest BCUT2D eigenvalue weighted by Gasteiger charge is 2.17. The smallest absolute Gasteiger partial charge is 0.137 e. The van der Waals surface area contributed by atoms with Crippen LogP contribution in [0, 0.1) is 0 Å². The van der Waals surface area contributed by atoms with Gasteiger partial charge >= 0.3 is 0 Å². The fourth-order valence-electron chi connectivity index (χ4n) is 5.87. The summed E-state index contributed by atoms with van der Waals surface area (Å²) in [5.74, 6) is 0. The first-order chi connectivity index (χ1) is 19.8. The lowest BCUT2D eigenvalue weighted by molar-refractivity contribution is 0.669. The molecule has 0 unspecified atom stereocenters. The number of nitrogens with zero attached hydrogens (tertiary/aromatic N) is 1. The van der Waals surface area contributed by atoms with Crippen molar-refractivity contribution in [3.05, 3.63) is 152 Å². The molecule has 0 N–H and O–H groups in total. The van der Waals surface area contributed by atoms with E-state index in [2.05, 4.69) is 157 Å². The Bertz CT molecular complexity index is 2160. The zero-order valence-corrected chi connectivity index (χ0v) is 21.8. The first kappa shape index (κ1) is 22.6.